The van der Waals surface area contributed by atoms with Crippen molar-refractivity contribution in [1.29, 1.82) is 0 Å². The summed E-state index contributed by atoms with van der Waals surface area (Å²) in [6.45, 7) is 1.22. The molecule has 0 aromatic heterocycles. The summed E-state index contributed by atoms with van der Waals surface area (Å²) in [5.74, 6) is 2.55. The maximum absolute atomic E-state index is 9.84. The van der Waals surface area contributed by atoms with Gasteiger partial charge >= 0.3 is 0 Å². The minimum atomic E-state index is -0.249. The molecule has 5 nitrogen and oxygen atoms in total. The summed E-state index contributed by atoms with van der Waals surface area (Å²) in [6, 6.07) is 3.71. The van der Waals surface area contributed by atoms with Crippen molar-refractivity contribution in [3.05, 3.63) is 17.7 Å². The molecule has 0 amide bonds. The van der Waals surface area contributed by atoms with Gasteiger partial charge in [0.1, 0.15) is 5.75 Å². The molecule has 1 atom stereocenters. The third-order valence-electron chi connectivity index (χ3n) is 3.62. The van der Waals surface area contributed by atoms with Crippen LogP contribution in [0.4, 0.5) is 0 Å². The van der Waals surface area contributed by atoms with Crippen molar-refractivity contribution < 1.29 is 19.3 Å². The molecule has 20 heavy (non-hydrogen) atoms. The van der Waals surface area contributed by atoms with E-state index in [-0.39, 0.29) is 6.10 Å². The Hall–Kier alpha value is -1.46. The first-order valence-electron chi connectivity index (χ1n) is 6.87. The summed E-state index contributed by atoms with van der Waals surface area (Å²) in [5.41, 5.74) is 0.980. The van der Waals surface area contributed by atoms with Gasteiger partial charge in [-0.3, -0.25) is 0 Å². The Kier molecular flexibility index (Phi) is 5.09. The maximum Gasteiger partial charge on any atom is 0.164 e. The van der Waals surface area contributed by atoms with Crippen LogP contribution >= 0.6 is 0 Å². The standard InChI is InChI=1S/C15H23NO4/c1-18-13-7-15(20-3)14(19-2)6-11(13)8-16-9-12(17)10-4-5-10/h6-7,10,12,16-17H,4-5,8-9H2,1-3H3. The molecule has 0 aliphatic heterocycles. The number of hydrogen-bond acceptors (Lipinski definition) is 5. The topological polar surface area (TPSA) is 60.0 Å². The highest BCUT2D eigenvalue weighted by molar-refractivity contribution is 5.50. The smallest absolute Gasteiger partial charge is 0.164 e. The van der Waals surface area contributed by atoms with Gasteiger partial charge in [-0.15, -0.1) is 0 Å². The number of ether oxygens (including phenoxy) is 3. The second-order valence-electron chi connectivity index (χ2n) is 5.05. The first-order chi connectivity index (χ1) is 9.69. The number of aliphatic hydroxyl groups excluding tert-OH is 1. The number of methoxy groups -OCH3 is 3. The van der Waals surface area contributed by atoms with Gasteiger partial charge in [0.25, 0.3) is 0 Å². The third kappa shape index (κ3) is 3.55. The van der Waals surface area contributed by atoms with Crippen molar-refractivity contribution in [2.24, 2.45) is 5.92 Å². The molecule has 2 rings (SSSR count). The fourth-order valence-corrected chi connectivity index (χ4v) is 2.23. The molecule has 5 heteroatoms. The first kappa shape index (κ1) is 14.9. The fraction of sp³-hybridized carbons (Fsp3) is 0.600. The highest BCUT2D eigenvalue weighted by Gasteiger charge is 2.29. The van der Waals surface area contributed by atoms with Crippen molar-refractivity contribution in [3.8, 4) is 17.2 Å². The molecule has 0 saturated heterocycles. The van der Waals surface area contributed by atoms with Crippen molar-refractivity contribution in [2.45, 2.75) is 25.5 Å². The molecule has 2 N–H and O–H groups in total. The molecule has 0 radical (unpaired) electrons. The maximum atomic E-state index is 9.84. The molecule has 1 aliphatic carbocycles. The minimum Gasteiger partial charge on any atom is -0.496 e. The van der Waals surface area contributed by atoms with E-state index in [1.807, 2.05) is 12.1 Å². The largest absolute Gasteiger partial charge is 0.496 e. The summed E-state index contributed by atoms with van der Waals surface area (Å²) >= 11 is 0. The highest BCUT2D eigenvalue weighted by Crippen LogP contribution is 2.35. The Morgan fingerprint density at radius 3 is 2.25 bits per heavy atom. The van der Waals surface area contributed by atoms with E-state index >= 15 is 0 Å². The van der Waals surface area contributed by atoms with Gasteiger partial charge in [-0.2, -0.15) is 0 Å². The zero-order chi connectivity index (χ0) is 14.5. The van der Waals surface area contributed by atoms with Crippen molar-refractivity contribution >= 4 is 0 Å². The molecule has 0 heterocycles. The van der Waals surface area contributed by atoms with Crippen molar-refractivity contribution in [1.82, 2.24) is 5.32 Å². The van der Waals surface area contributed by atoms with Crippen LogP contribution < -0.4 is 19.5 Å². The normalized spacial score (nSPS) is 15.8. The number of rotatable bonds is 8. The van der Waals surface area contributed by atoms with E-state index in [2.05, 4.69) is 5.32 Å². The van der Waals surface area contributed by atoms with E-state index in [0.29, 0.717) is 30.5 Å². The summed E-state index contributed by atoms with van der Waals surface area (Å²) < 4.78 is 15.9. The molecule has 1 saturated carbocycles. The predicted molar refractivity (Wildman–Crippen MR) is 76.5 cm³/mol. The lowest BCUT2D eigenvalue weighted by molar-refractivity contribution is 0.148. The van der Waals surface area contributed by atoms with Crippen LogP contribution in [0.2, 0.25) is 0 Å². The predicted octanol–water partition coefficient (Wildman–Crippen LogP) is 1.57. The van der Waals surface area contributed by atoms with Crippen LogP contribution in [0.1, 0.15) is 18.4 Å². The van der Waals surface area contributed by atoms with Crippen LogP contribution in [0.5, 0.6) is 17.2 Å². The second-order valence-corrected chi connectivity index (χ2v) is 5.05. The Morgan fingerprint density at radius 2 is 1.70 bits per heavy atom. The monoisotopic (exact) mass is 281 g/mol. The third-order valence-corrected chi connectivity index (χ3v) is 3.62. The highest BCUT2D eigenvalue weighted by atomic mass is 16.5. The molecule has 1 aromatic carbocycles. The van der Waals surface area contributed by atoms with Crippen molar-refractivity contribution in [3.63, 3.8) is 0 Å². The Morgan fingerprint density at radius 1 is 1.10 bits per heavy atom. The molecule has 0 spiro atoms. The summed E-state index contributed by atoms with van der Waals surface area (Å²) in [4.78, 5) is 0. The fourth-order valence-electron chi connectivity index (χ4n) is 2.23. The Balaban J connectivity index is 2.01. The Bertz CT molecular complexity index is 446. The molecule has 1 unspecified atom stereocenters. The van der Waals surface area contributed by atoms with Crippen LogP contribution in [-0.2, 0) is 6.54 Å². The van der Waals surface area contributed by atoms with Gasteiger partial charge < -0.3 is 24.6 Å². The SMILES string of the molecule is COc1cc(OC)c(OC)cc1CNCC(O)C1CC1. The zero-order valence-electron chi connectivity index (χ0n) is 12.3. The summed E-state index contributed by atoms with van der Waals surface area (Å²) in [7, 11) is 4.84. The molecular weight excluding hydrogens is 258 g/mol. The minimum absolute atomic E-state index is 0.249. The summed E-state index contributed by atoms with van der Waals surface area (Å²) in [6.07, 6.45) is 2.03. The van der Waals surface area contributed by atoms with Gasteiger partial charge in [0.05, 0.1) is 27.4 Å². The van der Waals surface area contributed by atoms with Gasteiger partial charge in [0, 0.05) is 24.7 Å². The Labute approximate surface area is 119 Å². The number of nitrogens with one attached hydrogen (secondary N) is 1. The quantitative estimate of drug-likeness (QED) is 0.757. The van der Waals surface area contributed by atoms with E-state index in [1.165, 1.54) is 0 Å². The van der Waals surface area contributed by atoms with Gasteiger partial charge in [0.2, 0.25) is 0 Å². The van der Waals surface area contributed by atoms with E-state index in [1.54, 1.807) is 21.3 Å². The van der Waals surface area contributed by atoms with E-state index in [0.717, 1.165) is 24.2 Å². The van der Waals surface area contributed by atoms with E-state index in [9.17, 15) is 5.11 Å². The molecule has 1 aliphatic rings. The number of aliphatic hydroxyl groups is 1. The van der Waals surface area contributed by atoms with Crippen LogP contribution in [0.25, 0.3) is 0 Å². The van der Waals surface area contributed by atoms with Crippen LogP contribution in [-0.4, -0.2) is 39.1 Å². The van der Waals surface area contributed by atoms with Crippen molar-refractivity contribution in [2.75, 3.05) is 27.9 Å². The van der Waals surface area contributed by atoms with Gasteiger partial charge in [-0.1, -0.05) is 0 Å². The molecule has 0 bridgehead atoms. The van der Waals surface area contributed by atoms with Gasteiger partial charge in [-0.25, -0.2) is 0 Å². The molecule has 1 aromatic rings. The number of hydrogen-bond donors (Lipinski definition) is 2. The second kappa shape index (κ2) is 6.81. The average molecular weight is 281 g/mol. The molecule has 1 fully saturated rings. The lowest BCUT2D eigenvalue weighted by Gasteiger charge is -2.15. The van der Waals surface area contributed by atoms with Gasteiger partial charge in [0.15, 0.2) is 11.5 Å². The molecule has 112 valence electrons. The summed E-state index contributed by atoms with van der Waals surface area (Å²) in [5, 5.41) is 13.1. The van der Waals surface area contributed by atoms with Gasteiger partial charge in [-0.05, 0) is 24.8 Å². The zero-order valence-corrected chi connectivity index (χ0v) is 12.3. The van der Waals surface area contributed by atoms with E-state index in [4.69, 9.17) is 14.2 Å². The average Bonchev–Trinajstić information content (AvgIpc) is 3.31. The number of benzene rings is 1. The van der Waals surface area contributed by atoms with Crippen LogP contribution in [0.15, 0.2) is 12.1 Å². The van der Waals surface area contributed by atoms with Crippen LogP contribution in [0.3, 0.4) is 0 Å². The lowest BCUT2D eigenvalue weighted by atomic mass is 10.1. The van der Waals surface area contributed by atoms with E-state index < -0.39 is 0 Å². The molecular formula is C15H23NO4. The lowest BCUT2D eigenvalue weighted by Crippen LogP contribution is -2.28. The first-order valence-corrected chi connectivity index (χ1v) is 6.87. The van der Waals surface area contributed by atoms with Crippen LogP contribution in [0, 0.1) is 5.92 Å².